The van der Waals surface area contributed by atoms with Gasteiger partial charge in [-0.1, -0.05) is 6.92 Å². The van der Waals surface area contributed by atoms with Crippen LogP contribution in [-0.2, 0) is 12.8 Å². The molecule has 78 valence electrons. The molecule has 1 heterocycles. The van der Waals surface area contributed by atoms with Crippen LogP contribution in [0.1, 0.15) is 38.0 Å². The van der Waals surface area contributed by atoms with E-state index in [-0.39, 0.29) is 5.54 Å². The average molecular weight is 193 g/mol. The minimum Gasteiger partial charge on any atom is -0.325 e. The molecule has 0 radical (unpaired) electrons. The summed E-state index contributed by atoms with van der Waals surface area (Å²) in [6.45, 7) is 8.07. The van der Waals surface area contributed by atoms with Crippen LogP contribution in [0.25, 0.3) is 0 Å². The molecule has 1 aromatic rings. The summed E-state index contributed by atoms with van der Waals surface area (Å²) in [5, 5.41) is 0. The molecular formula is C11H19N3. The Hall–Kier alpha value is -0.960. The van der Waals surface area contributed by atoms with Gasteiger partial charge in [0.05, 0.1) is 0 Å². The first-order valence-corrected chi connectivity index (χ1v) is 5.03. The third-order valence-corrected chi connectivity index (χ3v) is 1.93. The Morgan fingerprint density at radius 2 is 2.00 bits per heavy atom. The van der Waals surface area contributed by atoms with Gasteiger partial charge >= 0.3 is 0 Å². The van der Waals surface area contributed by atoms with Gasteiger partial charge in [0.1, 0.15) is 5.82 Å². The van der Waals surface area contributed by atoms with Crippen LogP contribution < -0.4 is 5.73 Å². The lowest BCUT2D eigenvalue weighted by molar-refractivity contribution is 0.500. The molecule has 0 aromatic carbocycles. The van der Waals surface area contributed by atoms with Crippen LogP contribution in [-0.4, -0.2) is 15.5 Å². The minimum atomic E-state index is -0.237. The fourth-order valence-corrected chi connectivity index (χ4v) is 1.37. The number of aromatic nitrogens is 2. The highest BCUT2D eigenvalue weighted by molar-refractivity contribution is 5.11. The molecular weight excluding hydrogens is 174 g/mol. The highest BCUT2D eigenvalue weighted by atomic mass is 14.9. The molecule has 1 rings (SSSR count). The van der Waals surface area contributed by atoms with Gasteiger partial charge in [-0.15, -0.1) is 0 Å². The van der Waals surface area contributed by atoms with Crippen molar-refractivity contribution in [3.8, 4) is 0 Å². The Bertz CT molecular complexity index is 313. The van der Waals surface area contributed by atoms with E-state index in [9.17, 15) is 0 Å². The molecule has 0 saturated carbocycles. The summed E-state index contributed by atoms with van der Waals surface area (Å²) in [5.74, 6) is 0.856. The fourth-order valence-electron chi connectivity index (χ4n) is 1.37. The monoisotopic (exact) mass is 193 g/mol. The van der Waals surface area contributed by atoms with Crippen LogP contribution in [0.4, 0.5) is 0 Å². The molecule has 0 unspecified atom stereocenters. The zero-order valence-corrected chi connectivity index (χ0v) is 9.46. The SMILES string of the molecule is CCc1cc(C)nc(CC(C)(C)N)n1. The predicted octanol–water partition coefficient (Wildman–Crippen LogP) is 1.63. The Kier molecular flexibility index (Phi) is 3.21. The molecule has 0 aliphatic heterocycles. The first-order chi connectivity index (χ1) is 6.40. The summed E-state index contributed by atoms with van der Waals surface area (Å²) < 4.78 is 0. The van der Waals surface area contributed by atoms with E-state index in [0.29, 0.717) is 0 Å². The molecule has 0 spiro atoms. The molecule has 0 bridgehead atoms. The second-order valence-electron chi connectivity index (χ2n) is 4.44. The highest BCUT2D eigenvalue weighted by Crippen LogP contribution is 2.08. The van der Waals surface area contributed by atoms with E-state index in [1.807, 2.05) is 26.8 Å². The molecule has 3 heteroatoms. The number of nitrogens with zero attached hydrogens (tertiary/aromatic N) is 2. The summed E-state index contributed by atoms with van der Waals surface area (Å²) in [5.41, 5.74) is 7.81. The van der Waals surface area contributed by atoms with Crippen molar-refractivity contribution < 1.29 is 0 Å². The maximum atomic E-state index is 5.93. The predicted molar refractivity (Wildman–Crippen MR) is 58.1 cm³/mol. The maximum absolute atomic E-state index is 5.93. The van der Waals surface area contributed by atoms with Gasteiger partial charge in [-0.2, -0.15) is 0 Å². The van der Waals surface area contributed by atoms with Crippen LogP contribution in [0, 0.1) is 6.92 Å². The zero-order valence-electron chi connectivity index (χ0n) is 9.46. The molecule has 0 aliphatic rings. The molecule has 0 fully saturated rings. The Labute approximate surface area is 85.8 Å². The molecule has 0 saturated heterocycles. The lowest BCUT2D eigenvalue weighted by Gasteiger charge is -2.17. The summed E-state index contributed by atoms with van der Waals surface area (Å²) in [4.78, 5) is 8.82. The molecule has 2 N–H and O–H groups in total. The molecule has 0 atom stereocenters. The Morgan fingerprint density at radius 3 is 2.50 bits per heavy atom. The van der Waals surface area contributed by atoms with Crippen molar-refractivity contribution in [3.63, 3.8) is 0 Å². The summed E-state index contributed by atoms with van der Waals surface area (Å²) in [6, 6.07) is 2.02. The summed E-state index contributed by atoms with van der Waals surface area (Å²) in [7, 11) is 0. The topological polar surface area (TPSA) is 51.8 Å². The second kappa shape index (κ2) is 4.05. The van der Waals surface area contributed by atoms with Gasteiger partial charge in [-0.25, -0.2) is 9.97 Å². The summed E-state index contributed by atoms with van der Waals surface area (Å²) >= 11 is 0. The fraction of sp³-hybridized carbons (Fsp3) is 0.636. The standard InChI is InChI=1S/C11H19N3/c1-5-9-6-8(2)13-10(14-9)7-11(3,4)12/h6H,5,7,12H2,1-4H3. The van der Waals surface area contributed by atoms with Gasteiger partial charge in [0.15, 0.2) is 0 Å². The van der Waals surface area contributed by atoms with Gasteiger partial charge < -0.3 is 5.73 Å². The van der Waals surface area contributed by atoms with Crippen LogP contribution in [0.5, 0.6) is 0 Å². The van der Waals surface area contributed by atoms with E-state index in [1.165, 1.54) is 0 Å². The van der Waals surface area contributed by atoms with E-state index in [0.717, 1.165) is 30.1 Å². The van der Waals surface area contributed by atoms with Gasteiger partial charge in [0, 0.05) is 23.3 Å². The van der Waals surface area contributed by atoms with E-state index in [2.05, 4.69) is 16.9 Å². The van der Waals surface area contributed by atoms with Crippen molar-refractivity contribution in [1.82, 2.24) is 9.97 Å². The normalized spacial score (nSPS) is 11.8. The number of hydrogen-bond acceptors (Lipinski definition) is 3. The third-order valence-electron chi connectivity index (χ3n) is 1.93. The second-order valence-corrected chi connectivity index (χ2v) is 4.44. The Balaban J connectivity index is 2.92. The van der Waals surface area contributed by atoms with Crippen LogP contribution in [0.15, 0.2) is 6.07 Å². The highest BCUT2D eigenvalue weighted by Gasteiger charge is 2.14. The number of nitrogens with two attached hydrogens (primary N) is 1. The maximum Gasteiger partial charge on any atom is 0.130 e. The lowest BCUT2D eigenvalue weighted by atomic mass is 10.0. The third kappa shape index (κ3) is 3.42. The van der Waals surface area contributed by atoms with Gasteiger partial charge in [0.2, 0.25) is 0 Å². The number of rotatable bonds is 3. The van der Waals surface area contributed by atoms with Gasteiger partial charge in [0.25, 0.3) is 0 Å². The molecule has 0 aliphatic carbocycles. The van der Waals surface area contributed by atoms with E-state index < -0.39 is 0 Å². The first-order valence-electron chi connectivity index (χ1n) is 5.03. The summed E-state index contributed by atoms with van der Waals surface area (Å²) in [6.07, 6.45) is 1.67. The van der Waals surface area contributed by atoms with Gasteiger partial charge in [-0.3, -0.25) is 0 Å². The number of aryl methyl sites for hydroxylation is 2. The van der Waals surface area contributed by atoms with Crippen molar-refractivity contribution in [2.45, 2.75) is 46.1 Å². The molecule has 1 aromatic heterocycles. The first kappa shape index (κ1) is 11.1. The zero-order chi connectivity index (χ0) is 10.8. The quantitative estimate of drug-likeness (QED) is 0.793. The van der Waals surface area contributed by atoms with E-state index in [1.54, 1.807) is 0 Å². The van der Waals surface area contributed by atoms with Crippen molar-refractivity contribution in [2.24, 2.45) is 5.73 Å². The van der Waals surface area contributed by atoms with Crippen molar-refractivity contribution in [3.05, 3.63) is 23.3 Å². The van der Waals surface area contributed by atoms with Crippen LogP contribution in [0.2, 0.25) is 0 Å². The molecule has 3 nitrogen and oxygen atoms in total. The van der Waals surface area contributed by atoms with Crippen molar-refractivity contribution in [2.75, 3.05) is 0 Å². The van der Waals surface area contributed by atoms with E-state index >= 15 is 0 Å². The lowest BCUT2D eigenvalue weighted by Crippen LogP contribution is -2.35. The minimum absolute atomic E-state index is 0.237. The number of hydrogen-bond donors (Lipinski definition) is 1. The van der Waals surface area contributed by atoms with Crippen LogP contribution in [0.3, 0.4) is 0 Å². The van der Waals surface area contributed by atoms with Gasteiger partial charge in [-0.05, 0) is 33.3 Å². The molecule has 0 amide bonds. The average Bonchev–Trinajstić information content (AvgIpc) is 1.99. The van der Waals surface area contributed by atoms with E-state index in [4.69, 9.17) is 5.73 Å². The smallest absolute Gasteiger partial charge is 0.130 e. The molecule has 14 heavy (non-hydrogen) atoms. The van der Waals surface area contributed by atoms with Crippen LogP contribution >= 0.6 is 0 Å². The van der Waals surface area contributed by atoms with Crippen molar-refractivity contribution >= 4 is 0 Å². The van der Waals surface area contributed by atoms with Crippen molar-refractivity contribution in [1.29, 1.82) is 0 Å². The Morgan fingerprint density at radius 1 is 1.36 bits per heavy atom. The largest absolute Gasteiger partial charge is 0.325 e.